The molecule has 134 valence electrons. The minimum absolute atomic E-state index is 0. The number of hydrogen-bond acceptors (Lipinski definition) is 4. The Hall–Kier alpha value is -2.44. The lowest BCUT2D eigenvalue weighted by molar-refractivity contribution is -0.385. The first kappa shape index (κ1) is 20.6. The summed E-state index contributed by atoms with van der Waals surface area (Å²) in [6.07, 6.45) is 0.709. The Morgan fingerprint density at radius 2 is 1.80 bits per heavy atom. The normalized spacial score (nSPS) is 10.0. The van der Waals surface area contributed by atoms with Gasteiger partial charge in [-0.05, 0) is 25.0 Å². The Balaban J connectivity index is 0.00000312. The molecule has 2 aromatic rings. The molecular formula is C18H22ClN3O3. The van der Waals surface area contributed by atoms with Gasteiger partial charge in [-0.2, -0.15) is 0 Å². The largest absolute Gasteiger partial charge is 0.337 e. The third-order valence-corrected chi connectivity index (χ3v) is 3.93. The number of nitro groups is 1. The van der Waals surface area contributed by atoms with Gasteiger partial charge in [0.25, 0.3) is 11.6 Å². The standard InChI is InChI=1S/C18H21N3O3.ClH/c1-14-16(8-5-9-17(14)21(23)24)18(22)20(13-11-19)12-10-15-6-3-2-4-7-15;/h2-9H,10-13,19H2,1H3;1H. The van der Waals surface area contributed by atoms with Crippen LogP contribution >= 0.6 is 12.4 Å². The zero-order valence-corrected chi connectivity index (χ0v) is 14.9. The topological polar surface area (TPSA) is 89.5 Å². The lowest BCUT2D eigenvalue weighted by atomic mass is 10.0. The van der Waals surface area contributed by atoms with Gasteiger partial charge in [0.2, 0.25) is 0 Å². The average Bonchev–Trinajstić information content (AvgIpc) is 2.59. The van der Waals surface area contributed by atoms with Crippen molar-refractivity contribution < 1.29 is 9.72 Å². The molecule has 0 spiro atoms. The van der Waals surface area contributed by atoms with Gasteiger partial charge in [-0.25, -0.2) is 0 Å². The minimum Gasteiger partial charge on any atom is -0.337 e. The van der Waals surface area contributed by atoms with Gasteiger partial charge in [-0.15, -0.1) is 12.4 Å². The van der Waals surface area contributed by atoms with Gasteiger partial charge in [0, 0.05) is 36.8 Å². The lowest BCUT2D eigenvalue weighted by Gasteiger charge is -2.23. The summed E-state index contributed by atoms with van der Waals surface area (Å²) in [7, 11) is 0. The van der Waals surface area contributed by atoms with Crippen LogP contribution in [0.5, 0.6) is 0 Å². The highest BCUT2D eigenvalue weighted by Crippen LogP contribution is 2.22. The number of carbonyl (C=O) groups is 1. The number of nitro benzene ring substituents is 1. The first-order valence-corrected chi connectivity index (χ1v) is 7.82. The molecule has 0 radical (unpaired) electrons. The molecule has 0 atom stereocenters. The SMILES string of the molecule is Cc1c(C(=O)N(CCN)CCc2ccccc2)cccc1[N+](=O)[O-].Cl. The van der Waals surface area contributed by atoms with Crippen LogP contribution in [0.1, 0.15) is 21.5 Å². The minimum atomic E-state index is -0.469. The molecule has 2 aromatic carbocycles. The summed E-state index contributed by atoms with van der Waals surface area (Å²) in [4.78, 5) is 25.0. The Kier molecular flexibility index (Phi) is 8.04. The fourth-order valence-corrected chi connectivity index (χ4v) is 2.60. The molecule has 7 heteroatoms. The van der Waals surface area contributed by atoms with Crippen LogP contribution < -0.4 is 5.73 Å². The van der Waals surface area contributed by atoms with Crippen molar-refractivity contribution in [3.05, 3.63) is 75.3 Å². The fraction of sp³-hybridized carbons (Fsp3) is 0.278. The van der Waals surface area contributed by atoms with Crippen LogP contribution in [0.25, 0.3) is 0 Å². The van der Waals surface area contributed by atoms with Crippen LogP contribution in [-0.4, -0.2) is 35.4 Å². The summed E-state index contributed by atoms with van der Waals surface area (Å²) < 4.78 is 0. The first-order chi connectivity index (χ1) is 11.5. The second-order valence-corrected chi connectivity index (χ2v) is 5.52. The molecule has 2 rings (SSSR count). The predicted octanol–water partition coefficient (Wildman–Crippen LogP) is 2.97. The van der Waals surface area contributed by atoms with Crippen molar-refractivity contribution in [1.29, 1.82) is 0 Å². The van der Waals surface area contributed by atoms with Gasteiger partial charge < -0.3 is 10.6 Å². The van der Waals surface area contributed by atoms with Crippen molar-refractivity contribution in [2.24, 2.45) is 5.73 Å². The van der Waals surface area contributed by atoms with Crippen LogP contribution in [0, 0.1) is 17.0 Å². The summed E-state index contributed by atoms with van der Waals surface area (Å²) in [6.45, 7) is 2.87. The second-order valence-electron chi connectivity index (χ2n) is 5.52. The van der Waals surface area contributed by atoms with Crippen LogP contribution in [0.2, 0.25) is 0 Å². The van der Waals surface area contributed by atoms with Gasteiger partial charge >= 0.3 is 0 Å². The van der Waals surface area contributed by atoms with Crippen molar-refractivity contribution in [3.63, 3.8) is 0 Å². The molecule has 0 heterocycles. The number of halogens is 1. The lowest BCUT2D eigenvalue weighted by Crippen LogP contribution is -2.37. The summed E-state index contributed by atoms with van der Waals surface area (Å²) in [5.74, 6) is -0.224. The summed E-state index contributed by atoms with van der Waals surface area (Å²) in [5.41, 5.74) is 7.45. The van der Waals surface area contributed by atoms with E-state index in [2.05, 4.69) is 0 Å². The number of hydrogen-bond donors (Lipinski definition) is 1. The van der Waals surface area contributed by atoms with Gasteiger partial charge in [0.15, 0.2) is 0 Å². The van der Waals surface area contributed by atoms with Crippen molar-refractivity contribution >= 4 is 24.0 Å². The Labute approximate surface area is 153 Å². The Morgan fingerprint density at radius 1 is 1.12 bits per heavy atom. The molecule has 0 aliphatic carbocycles. The molecule has 2 N–H and O–H groups in total. The van der Waals surface area contributed by atoms with Crippen LogP contribution in [-0.2, 0) is 6.42 Å². The Bertz CT molecular complexity index is 723. The number of carbonyl (C=O) groups excluding carboxylic acids is 1. The molecule has 1 amide bonds. The maximum atomic E-state index is 12.8. The van der Waals surface area contributed by atoms with Gasteiger partial charge in [-0.3, -0.25) is 14.9 Å². The van der Waals surface area contributed by atoms with Crippen molar-refractivity contribution in [3.8, 4) is 0 Å². The molecule has 0 unspecified atom stereocenters. The van der Waals surface area contributed by atoms with E-state index < -0.39 is 4.92 Å². The molecule has 0 fully saturated rings. The van der Waals surface area contributed by atoms with Gasteiger partial charge in [0.1, 0.15) is 0 Å². The predicted molar refractivity (Wildman–Crippen MR) is 100 cm³/mol. The molecule has 25 heavy (non-hydrogen) atoms. The highest BCUT2D eigenvalue weighted by Gasteiger charge is 2.21. The highest BCUT2D eigenvalue weighted by atomic mass is 35.5. The second kappa shape index (κ2) is 9.76. The summed E-state index contributed by atoms with van der Waals surface area (Å²) >= 11 is 0. The number of rotatable bonds is 7. The average molecular weight is 364 g/mol. The monoisotopic (exact) mass is 363 g/mol. The van der Waals surface area contributed by atoms with E-state index in [1.807, 2.05) is 30.3 Å². The maximum absolute atomic E-state index is 12.8. The molecule has 0 aliphatic rings. The molecule has 0 bridgehead atoms. The van der Waals surface area contributed by atoms with Crippen LogP contribution in [0.15, 0.2) is 48.5 Å². The fourth-order valence-electron chi connectivity index (χ4n) is 2.60. The smallest absolute Gasteiger partial charge is 0.273 e. The highest BCUT2D eigenvalue weighted by molar-refractivity contribution is 5.96. The number of nitrogens with zero attached hydrogens (tertiary/aromatic N) is 2. The van der Waals surface area contributed by atoms with Gasteiger partial charge in [-0.1, -0.05) is 36.4 Å². The van der Waals surface area contributed by atoms with E-state index in [0.717, 1.165) is 5.56 Å². The van der Waals surface area contributed by atoms with E-state index in [4.69, 9.17) is 5.73 Å². The number of amides is 1. The molecule has 0 aromatic heterocycles. The van der Waals surface area contributed by atoms with E-state index in [1.165, 1.54) is 12.1 Å². The van der Waals surface area contributed by atoms with E-state index in [9.17, 15) is 14.9 Å². The first-order valence-electron chi connectivity index (χ1n) is 7.82. The Morgan fingerprint density at radius 3 is 2.40 bits per heavy atom. The van der Waals surface area contributed by atoms with Crippen molar-refractivity contribution in [1.82, 2.24) is 4.90 Å². The third kappa shape index (κ3) is 5.27. The molecular weight excluding hydrogens is 342 g/mol. The summed E-state index contributed by atoms with van der Waals surface area (Å²) in [5, 5.41) is 11.1. The molecule has 0 saturated heterocycles. The zero-order chi connectivity index (χ0) is 17.5. The van der Waals surface area contributed by atoms with E-state index in [-0.39, 0.29) is 24.0 Å². The quantitative estimate of drug-likeness (QED) is 0.605. The van der Waals surface area contributed by atoms with Crippen LogP contribution in [0.4, 0.5) is 5.69 Å². The van der Waals surface area contributed by atoms with E-state index in [1.54, 1.807) is 17.9 Å². The van der Waals surface area contributed by atoms with Gasteiger partial charge in [0.05, 0.1) is 4.92 Å². The molecule has 0 saturated carbocycles. The zero-order valence-electron chi connectivity index (χ0n) is 14.1. The van der Waals surface area contributed by atoms with Crippen molar-refractivity contribution in [2.75, 3.05) is 19.6 Å². The molecule has 0 aliphatic heterocycles. The van der Waals surface area contributed by atoms with Crippen molar-refractivity contribution in [2.45, 2.75) is 13.3 Å². The van der Waals surface area contributed by atoms with E-state index >= 15 is 0 Å². The van der Waals surface area contributed by atoms with Crippen LogP contribution in [0.3, 0.4) is 0 Å². The number of nitrogens with two attached hydrogens (primary N) is 1. The number of benzene rings is 2. The third-order valence-electron chi connectivity index (χ3n) is 3.93. The summed E-state index contributed by atoms with van der Waals surface area (Å²) in [6, 6.07) is 14.4. The molecule has 6 nitrogen and oxygen atoms in total. The van der Waals surface area contributed by atoms with E-state index in [0.29, 0.717) is 37.2 Å². The maximum Gasteiger partial charge on any atom is 0.273 e.